The molecule has 8 heteroatoms. The largest absolute Gasteiger partial charge is 0.396 e. The normalized spacial score (nSPS) is 13.0. The molecular formula is C12H7F4N3S. The first kappa shape index (κ1) is 14.4. The molecule has 0 aliphatic heterocycles. The fourth-order valence-electron chi connectivity index (χ4n) is 1.51. The Bertz CT molecular complexity index is 672. The minimum Gasteiger partial charge on any atom is -0.261 e. The quantitative estimate of drug-likeness (QED) is 0.791. The maximum absolute atomic E-state index is 13.1. The third-order valence-electron chi connectivity index (χ3n) is 2.60. The average molecular weight is 301 g/mol. The Morgan fingerprint density at radius 3 is 2.60 bits per heavy atom. The van der Waals surface area contributed by atoms with E-state index in [1.165, 1.54) is 6.20 Å². The monoisotopic (exact) mass is 301 g/mol. The highest BCUT2D eigenvalue weighted by Crippen LogP contribution is 2.40. The van der Waals surface area contributed by atoms with Gasteiger partial charge in [0.25, 0.3) is 0 Å². The van der Waals surface area contributed by atoms with Crippen molar-refractivity contribution >= 4 is 11.3 Å². The van der Waals surface area contributed by atoms with Crippen LogP contribution >= 0.6 is 11.3 Å². The lowest BCUT2D eigenvalue weighted by atomic mass is 10.1. The van der Waals surface area contributed by atoms with Crippen molar-refractivity contribution < 1.29 is 17.6 Å². The molecule has 2 aromatic heterocycles. The van der Waals surface area contributed by atoms with E-state index in [9.17, 15) is 17.6 Å². The van der Waals surface area contributed by atoms with Gasteiger partial charge in [-0.05, 0) is 13.0 Å². The minimum atomic E-state index is -4.46. The van der Waals surface area contributed by atoms with Crippen LogP contribution in [0, 0.1) is 17.1 Å². The van der Waals surface area contributed by atoms with Crippen LogP contribution in [0.25, 0.3) is 10.6 Å². The molecule has 0 aliphatic rings. The first-order chi connectivity index (χ1) is 9.32. The van der Waals surface area contributed by atoms with Crippen molar-refractivity contribution in [3.05, 3.63) is 34.8 Å². The number of rotatable bonds is 2. The topological polar surface area (TPSA) is 49.6 Å². The summed E-state index contributed by atoms with van der Waals surface area (Å²) in [7, 11) is 0. The average Bonchev–Trinajstić information content (AvgIpc) is 2.80. The maximum atomic E-state index is 13.1. The zero-order valence-corrected chi connectivity index (χ0v) is 10.9. The fourth-order valence-corrected chi connectivity index (χ4v) is 2.58. The van der Waals surface area contributed by atoms with E-state index < -0.39 is 17.9 Å². The van der Waals surface area contributed by atoms with Crippen molar-refractivity contribution in [2.45, 2.75) is 19.0 Å². The summed E-state index contributed by atoms with van der Waals surface area (Å²) < 4.78 is 51.2. The molecule has 2 heterocycles. The zero-order chi connectivity index (χ0) is 14.9. The number of pyridine rings is 1. The van der Waals surface area contributed by atoms with Gasteiger partial charge in [0.2, 0.25) is 0 Å². The number of halogens is 4. The second-order valence-electron chi connectivity index (χ2n) is 4.00. The van der Waals surface area contributed by atoms with E-state index in [1.54, 1.807) is 6.07 Å². The van der Waals surface area contributed by atoms with Crippen molar-refractivity contribution in [3.8, 4) is 16.6 Å². The van der Waals surface area contributed by atoms with Crippen LogP contribution in [0.15, 0.2) is 18.5 Å². The van der Waals surface area contributed by atoms with Crippen LogP contribution in [0.2, 0.25) is 0 Å². The molecule has 0 fully saturated rings. The van der Waals surface area contributed by atoms with Crippen molar-refractivity contribution in [2.75, 3.05) is 0 Å². The lowest BCUT2D eigenvalue weighted by Gasteiger charge is -2.13. The van der Waals surface area contributed by atoms with Gasteiger partial charge >= 0.3 is 6.18 Å². The van der Waals surface area contributed by atoms with Crippen LogP contribution in [0.3, 0.4) is 0 Å². The highest BCUT2D eigenvalue weighted by Gasteiger charge is 2.40. The van der Waals surface area contributed by atoms with Gasteiger partial charge in [0.1, 0.15) is 16.9 Å². The molecule has 2 aromatic rings. The summed E-state index contributed by atoms with van der Waals surface area (Å²) in [5.74, 6) is -2.42. The Kier molecular flexibility index (Phi) is 3.72. The molecule has 3 nitrogen and oxygen atoms in total. The zero-order valence-electron chi connectivity index (χ0n) is 10.1. The van der Waals surface area contributed by atoms with Gasteiger partial charge in [-0.2, -0.15) is 18.4 Å². The van der Waals surface area contributed by atoms with Gasteiger partial charge in [0.05, 0.1) is 17.0 Å². The molecule has 0 saturated heterocycles. The van der Waals surface area contributed by atoms with Crippen molar-refractivity contribution in [1.29, 1.82) is 5.26 Å². The molecule has 0 aromatic carbocycles. The van der Waals surface area contributed by atoms with E-state index in [-0.39, 0.29) is 21.1 Å². The van der Waals surface area contributed by atoms with Crippen LogP contribution in [0.1, 0.15) is 23.4 Å². The van der Waals surface area contributed by atoms with Crippen LogP contribution in [-0.4, -0.2) is 16.1 Å². The number of hydrogen-bond acceptors (Lipinski definition) is 4. The molecule has 0 spiro atoms. The van der Waals surface area contributed by atoms with Gasteiger partial charge < -0.3 is 0 Å². The lowest BCUT2D eigenvalue weighted by Crippen LogP contribution is -2.17. The molecule has 0 saturated carbocycles. The standard InChI is InChI=1S/C12H7F4N3S/c1-6(12(14,15)16)10-9(3-17)19-11(20-10)7-2-8(13)5-18-4-7/h2,4-6H,1H3. The summed E-state index contributed by atoms with van der Waals surface area (Å²) in [6.45, 7) is 0.960. The van der Waals surface area contributed by atoms with Crippen LogP contribution in [0.4, 0.5) is 17.6 Å². The third kappa shape index (κ3) is 2.77. The Hall–Kier alpha value is -2.01. The van der Waals surface area contributed by atoms with Crippen molar-refractivity contribution in [1.82, 2.24) is 9.97 Å². The molecule has 104 valence electrons. The minimum absolute atomic E-state index is 0.139. The van der Waals surface area contributed by atoms with E-state index in [0.717, 1.165) is 30.5 Å². The number of aromatic nitrogens is 2. The number of hydrogen-bond donors (Lipinski definition) is 0. The van der Waals surface area contributed by atoms with Crippen LogP contribution in [0.5, 0.6) is 0 Å². The Labute approximate surface area is 115 Å². The van der Waals surface area contributed by atoms with Crippen LogP contribution in [-0.2, 0) is 0 Å². The molecule has 0 amide bonds. The van der Waals surface area contributed by atoms with Gasteiger partial charge in [-0.15, -0.1) is 11.3 Å². The first-order valence-electron chi connectivity index (χ1n) is 5.41. The molecule has 2 rings (SSSR count). The molecule has 1 atom stereocenters. The summed E-state index contributed by atoms with van der Waals surface area (Å²) in [4.78, 5) is 7.25. The summed E-state index contributed by atoms with van der Waals surface area (Å²) in [5.41, 5.74) is -0.0498. The van der Waals surface area contributed by atoms with Gasteiger partial charge in [-0.25, -0.2) is 9.37 Å². The van der Waals surface area contributed by atoms with Gasteiger partial charge in [0, 0.05) is 11.8 Å². The smallest absolute Gasteiger partial charge is 0.261 e. The Morgan fingerprint density at radius 1 is 1.35 bits per heavy atom. The highest BCUT2D eigenvalue weighted by atomic mass is 32.1. The van der Waals surface area contributed by atoms with Gasteiger partial charge in [-0.1, -0.05) is 0 Å². The molecular weight excluding hydrogens is 294 g/mol. The molecule has 20 heavy (non-hydrogen) atoms. The first-order valence-corrected chi connectivity index (χ1v) is 6.23. The van der Waals surface area contributed by atoms with Gasteiger partial charge in [-0.3, -0.25) is 4.98 Å². The van der Waals surface area contributed by atoms with Crippen LogP contribution < -0.4 is 0 Å². The second-order valence-corrected chi connectivity index (χ2v) is 5.03. The van der Waals surface area contributed by atoms with Crippen molar-refractivity contribution in [2.24, 2.45) is 0 Å². The second kappa shape index (κ2) is 5.17. The van der Waals surface area contributed by atoms with E-state index in [2.05, 4.69) is 9.97 Å². The molecule has 0 bridgehead atoms. The SMILES string of the molecule is CC(c1sc(-c2cncc(F)c2)nc1C#N)C(F)(F)F. The Balaban J connectivity index is 2.50. The summed E-state index contributed by atoms with van der Waals surface area (Å²) in [5, 5.41) is 9.02. The number of nitriles is 1. The number of alkyl halides is 3. The predicted octanol–water partition coefficient (Wildman–Crippen LogP) is 3.88. The molecule has 0 radical (unpaired) electrons. The number of thiazole rings is 1. The Morgan fingerprint density at radius 2 is 2.05 bits per heavy atom. The lowest BCUT2D eigenvalue weighted by molar-refractivity contribution is -0.145. The van der Waals surface area contributed by atoms with E-state index in [4.69, 9.17) is 5.26 Å². The third-order valence-corrected chi connectivity index (χ3v) is 3.88. The fraction of sp³-hybridized carbons (Fsp3) is 0.250. The predicted molar refractivity (Wildman–Crippen MR) is 64.5 cm³/mol. The maximum Gasteiger partial charge on any atom is 0.396 e. The molecule has 0 aliphatic carbocycles. The molecule has 1 unspecified atom stereocenters. The van der Waals surface area contributed by atoms with E-state index in [0.29, 0.717) is 0 Å². The number of nitrogens with zero attached hydrogens (tertiary/aromatic N) is 3. The summed E-state index contributed by atoms with van der Waals surface area (Å²) >= 11 is 0.721. The van der Waals surface area contributed by atoms with Gasteiger partial charge in [0.15, 0.2) is 5.69 Å². The van der Waals surface area contributed by atoms with Crippen molar-refractivity contribution in [3.63, 3.8) is 0 Å². The summed E-state index contributed by atoms with van der Waals surface area (Å²) in [6, 6.07) is 2.74. The molecule has 0 N–H and O–H groups in total. The highest BCUT2D eigenvalue weighted by molar-refractivity contribution is 7.15. The van der Waals surface area contributed by atoms with E-state index in [1.807, 2.05) is 0 Å². The van der Waals surface area contributed by atoms with E-state index >= 15 is 0 Å². The summed E-state index contributed by atoms with van der Waals surface area (Å²) in [6.07, 6.45) is -2.21.